The molecule has 1 aliphatic heterocycles. The highest BCUT2D eigenvalue weighted by Crippen LogP contribution is 2.20. The highest BCUT2D eigenvalue weighted by Gasteiger charge is 2.27. The van der Waals surface area contributed by atoms with Gasteiger partial charge in [-0.1, -0.05) is 0 Å². The van der Waals surface area contributed by atoms with Crippen molar-refractivity contribution in [1.29, 1.82) is 0 Å². The van der Waals surface area contributed by atoms with Gasteiger partial charge in [0.2, 0.25) is 10.0 Å². The van der Waals surface area contributed by atoms with Crippen LogP contribution in [-0.4, -0.2) is 43.8 Å². The van der Waals surface area contributed by atoms with Gasteiger partial charge in [0.1, 0.15) is 0 Å². The Morgan fingerprint density at radius 3 is 2.67 bits per heavy atom. The fraction of sp³-hybridized carbons (Fsp3) is 1.00. The fourth-order valence-electron chi connectivity index (χ4n) is 1.52. The van der Waals surface area contributed by atoms with E-state index in [1.165, 1.54) is 10.6 Å². The van der Waals surface area contributed by atoms with Gasteiger partial charge >= 0.3 is 0 Å². The maximum absolute atomic E-state index is 11.0. The Morgan fingerprint density at radius 2 is 2.25 bits per heavy atom. The van der Waals surface area contributed by atoms with E-state index in [0.29, 0.717) is 25.4 Å². The number of aliphatic hydroxyl groups is 1. The highest BCUT2D eigenvalue weighted by atomic mass is 32.2. The van der Waals surface area contributed by atoms with Crippen LogP contribution in [0.25, 0.3) is 0 Å². The van der Waals surface area contributed by atoms with E-state index in [-0.39, 0.29) is 6.61 Å². The summed E-state index contributed by atoms with van der Waals surface area (Å²) in [5.74, 6) is 0.352. The van der Waals surface area contributed by atoms with E-state index >= 15 is 0 Å². The van der Waals surface area contributed by atoms with Crippen LogP contribution < -0.4 is 0 Å². The summed E-state index contributed by atoms with van der Waals surface area (Å²) in [6.07, 6.45) is 2.83. The highest BCUT2D eigenvalue weighted by molar-refractivity contribution is 7.88. The second-order valence-electron chi connectivity index (χ2n) is 3.29. The molecule has 0 aliphatic carbocycles. The molecular formula is C7H15NO3S. The summed E-state index contributed by atoms with van der Waals surface area (Å²) >= 11 is 0. The molecule has 1 aliphatic rings. The predicted molar refractivity (Wildman–Crippen MR) is 46.2 cm³/mol. The summed E-state index contributed by atoms with van der Waals surface area (Å²) in [5.41, 5.74) is 0. The lowest BCUT2D eigenvalue weighted by molar-refractivity contribution is 0.260. The smallest absolute Gasteiger partial charge is 0.211 e. The minimum absolute atomic E-state index is 0.155. The van der Waals surface area contributed by atoms with Crippen molar-refractivity contribution in [1.82, 2.24) is 4.31 Å². The van der Waals surface area contributed by atoms with Gasteiger partial charge in [-0.2, -0.15) is 0 Å². The molecule has 0 aromatic carbocycles. The fourth-order valence-corrected chi connectivity index (χ4v) is 2.44. The van der Waals surface area contributed by atoms with Gasteiger partial charge in [0.25, 0.3) is 0 Å². The minimum Gasteiger partial charge on any atom is -0.396 e. The second kappa shape index (κ2) is 3.72. The number of rotatable bonds is 3. The zero-order chi connectivity index (χ0) is 9.19. The first-order valence-corrected chi connectivity index (χ1v) is 5.95. The summed E-state index contributed by atoms with van der Waals surface area (Å²) in [4.78, 5) is 0. The van der Waals surface area contributed by atoms with E-state index in [0.717, 1.165) is 6.42 Å². The molecule has 0 bridgehead atoms. The van der Waals surface area contributed by atoms with Crippen molar-refractivity contribution in [3.05, 3.63) is 0 Å². The molecule has 1 rings (SSSR count). The molecule has 0 aromatic heterocycles. The molecule has 1 atom stereocenters. The molecule has 1 saturated heterocycles. The first kappa shape index (κ1) is 9.95. The molecule has 0 radical (unpaired) electrons. The van der Waals surface area contributed by atoms with Crippen molar-refractivity contribution in [3.8, 4) is 0 Å². The Hall–Kier alpha value is -0.130. The zero-order valence-electron chi connectivity index (χ0n) is 7.23. The summed E-state index contributed by atoms with van der Waals surface area (Å²) in [6, 6.07) is 0. The molecule has 1 heterocycles. The Morgan fingerprint density at radius 1 is 1.58 bits per heavy atom. The molecule has 1 unspecified atom stereocenters. The largest absolute Gasteiger partial charge is 0.396 e. The van der Waals surface area contributed by atoms with E-state index in [1.54, 1.807) is 0 Å². The van der Waals surface area contributed by atoms with Crippen molar-refractivity contribution >= 4 is 10.0 Å². The quantitative estimate of drug-likeness (QED) is 0.666. The molecule has 1 N–H and O–H groups in total. The van der Waals surface area contributed by atoms with Gasteiger partial charge < -0.3 is 5.11 Å². The molecular weight excluding hydrogens is 178 g/mol. The van der Waals surface area contributed by atoms with E-state index in [9.17, 15) is 8.42 Å². The van der Waals surface area contributed by atoms with Gasteiger partial charge in [0.05, 0.1) is 6.26 Å². The first-order chi connectivity index (χ1) is 5.54. The average Bonchev–Trinajstić information content (AvgIpc) is 2.35. The third-order valence-electron chi connectivity index (χ3n) is 2.25. The van der Waals surface area contributed by atoms with Gasteiger partial charge in [0, 0.05) is 19.7 Å². The molecule has 0 aromatic rings. The number of hydrogen-bond donors (Lipinski definition) is 1. The molecule has 72 valence electrons. The number of nitrogens with zero attached hydrogens (tertiary/aromatic N) is 1. The van der Waals surface area contributed by atoms with Crippen LogP contribution in [0.5, 0.6) is 0 Å². The number of sulfonamides is 1. The Kier molecular flexibility index (Phi) is 3.09. The summed E-state index contributed by atoms with van der Waals surface area (Å²) in [7, 11) is -3.00. The maximum atomic E-state index is 11.0. The maximum Gasteiger partial charge on any atom is 0.211 e. The summed E-state index contributed by atoms with van der Waals surface area (Å²) < 4.78 is 23.6. The SMILES string of the molecule is CS(=O)(=O)N1CCC(CCO)C1. The van der Waals surface area contributed by atoms with E-state index in [1.807, 2.05) is 0 Å². The molecule has 5 heteroatoms. The zero-order valence-corrected chi connectivity index (χ0v) is 8.05. The van der Waals surface area contributed by atoms with Gasteiger partial charge in [-0.05, 0) is 18.8 Å². The topological polar surface area (TPSA) is 57.6 Å². The van der Waals surface area contributed by atoms with Crippen molar-refractivity contribution in [2.24, 2.45) is 5.92 Å². The van der Waals surface area contributed by atoms with Crippen LogP contribution in [0.15, 0.2) is 0 Å². The Balaban J connectivity index is 2.46. The van der Waals surface area contributed by atoms with Crippen LogP contribution in [0.3, 0.4) is 0 Å². The summed E-state index contributed by atoms with van der Waals surface area (Å²) in [5, 5.41) is 8.65. The van der Waals surface area contributed by atoms with Crippen LogP contribution >= 0.6 is 0 Å². The lowest BCUT2D eigenvalue weighted by Gasteiger charge is -2.12. The van der Waals surface area contributed by atoms with Crippen LogP contribution in [0.2, 0.25) is 0 Å². The van der Waals surface area contributed by atoms with Crippen molar-refractivity contribution in [2.75, 3.05) is 26.0 Å². The van der Waals surface area contributed by atoms with E-state index < -0.39 is 10.0 Å². The van der Waals surface area contributed by atoms with Gasteiger partial charge in [-0.25, -0.2) is 12.7 Å². The lowest BCUT2D eigenvalue weighted by atomic mass is 10.1. The molecule has 0 spiro atoms. The van der Waals surface area contributed by atoms with Gasteiger partial charge in [0.15, 0.2) is 0 Å². The standard InChI is InChI=1S/C7H15NO3S/c1-12(10,11)8-4-2-7(6-8)3-5-9/h7,9H,2-6H2,1H3. The number of aliphatic hydroxyl groups excluding tert-OH is 1. The average molecular weight is 193 g/mol. The lowest BCUT2D eigenvalue weighted by Crippen LogP contribution is -2.27. The Bertz CT molecular complexity index is 237. The van der Waals surface area contributed by atoms with Gasteiger partial charge in [-0.15, -0.1) is 0 Å². The second-order valence-corrected chi connectivity index (χ2v) is 5.27. The van der Waals surface area contributed by atoms with Crippen molar-refractivity contribution in [2.45, 2.75) is 12.8 Å². The molecule has 0 amide bonds. The van der Waals surface area contributed by atoms with Crippen molar-refractivity contribution in [3.63, 3.8) is 0 Å². The summed E-state index contributed by atoms with van der Waals surface area (Å²) in [6.45, 7) is 1.35. The molecule has 12 heavy (non-hydrogen) atoms. The van der Waals surface area contributed by atoms with Crippen LogP contribution in [0, 0.1) is 5.92 Å². The molecule has 1 fully saturated rings. The minimum atomic E-state index is -3.00. The number of hydrogen-bond acceptors (Lipinski definition) is 3. The van der Waals surface area contributed by atoms with Crippen LogP contribution in [0.4, 0.5) is 0 Å². The normalized spacial score (nSPS) is 26.3. The van der Waals surface area contributed by atoms with Crippen LogP contribution in [0.1, 0.15) is 12.8 Å². The third kappa shape index (κ3) is 2.43. The Labute approximate surface area is 73.2 Å². The van der Waals surface area contributed by atoms with E-state index in [4.69, 9.17) is 5.11 Å². The van der Waals surface area contributed by atoms with Crippen molar-refractivity contribution < 1.29 is 13.5 Å². The third-order valence-corrected chi connectivity index (χ3v) is 3.52. The predicted octanol–water partition coefficient (Wildman–Crippen LogP) is -0.350. The van der Waals surface area contributed by atoms with E-state index in [2.05, 4.69) is 0 Å². The monoisotopic (exact) mass is 193 g/mol. The first-order valence-electron chi connectivity index (χ1n) is 4.10. The van der Waals surface area contributed by atoms with Crippen LogP contribution in [-0.2, 0) is 10.0 Å². The molecule has 4 nitrogen and oxygen atoms in total. The van der Waals surface area contributed by atoms with Gasteiger partial charge in [-0.3, -0.25) is 0 Å². The molecule has 0 saturated carbocycles.